The second-order valence-electron chi connectivity index (χ2n) is 4.31. The van der Waals surface area contributed by atoms with Crippen molar-refractivity contribution in [3.8, 4) is 5.75 Å². The third-order valence-corrected chi connectivity index (χ3v) is 4.48. The van der Waals surface area contributed by atoms with Crippen LogP contribution in [0.3, 0.4) is 0 Å². The van der Waals surface area contributed by atoms with E-state index < -0.39 is 6.36 Å². The third-order valence-electron chi connectivity index (χ3n) is 2.51. The SMILES string of the molecule is Cc1nnc(SCC(=O)NCc2ccccc2OC(F)(F)F)s1. The summed E-state index contributed by atoms with van der Waals surface area (Å²) >= 11 is 2.59. The quantitative estimate of drug-likeness (QED) is 0.799. The first-order valence-electron chi connectivity index (χ1n) is 6.37. The number of halogens is 3. The lowest BCUT2D eigenvalue weighted by atomic mass is 10.2. The van der Waals surface area contributed by atoms with E-state index in [1.54, 1.807) is 13.0 Å². The Morgan fingerprint density at radius 2 is 2.09 bits per heavy atom. The van der Waals surface area contributed by atoms with Crippen LogP contribution in [0.15, 0.2) is 28.6 Å². The van der Waals surface area contributed by atoms with Gasteiger partial charge in [0.15, 0.2) is 4.34 Å². The first-order valence-corrected chi connectivity index (χ1v) is 8.17. The number of nitrogens with zero attached hydrogens (tertiary/aromatic N) is 2. The van der Waals surface area contributed by atoms with Gasteiger partial charge in [-0.3, -0.25) is 4.79 Å². The molecule has 0 aliphatic heterocycles. The number of thioether (sulfide) groups is 1. The Balaban J connectivity index is 1.86. The average molecular weight is 363 g/mol. The summed E-state index contributed by atoms with van der Waals surface area (Å²) < 4.78 is 41.5. The van der Waals surface area contributed by atoms with E-state index >= 15 is 0 Å². The molecule has 1 aromatic carbocycles. The summed E-state index contributed by atoms with van der Waals surface area (Å²) in [5.41, 5.74) is 0.245. The Kier molecular flexibility index (Phi) is 5.83. The maximum absolute atomic E-state index is 12.3. The van der Waals surface area contributed by atoms with Crippen LogP contribution < -0.4 is 10.1 Å². The van der Waals surface area contributed by atoms with Gasteiger partial charge in [0.2, 0.25) is 5.91 Å². The zero-order chi connectivity index (χ0) is 16.9. The van der Waals surface area contributed by atoms with Gasteiger partial charge in [0.25, 0.3) is 0 Å². The Bertz CT molecular complexity index is 676. The molecule has 1 aromatic heterocycles. The number of amides is 1. The van der Waals surface area contributed by atoms with Crippen LogP contribution in [-0.2, 0) is 11.3 Å². The highest BCUT2D eigenvalue weighted by molar-refractivity contribution is 8.01. The van der Waals surface area contributed by atoms with E-state index in [0.717, 1.165) is 5.01 Å². The van der Waals surface area contributed by atoms with Crippen molar-refractivity contribution in [3.63, 3.8) is 0 Å². The maximum Gasteiger partial charge on any atom is 0.573 e. The van der Waals surface area contributed by atoms with E-state index in [-0.39, 0.29) is 29.5 Å². The first-order chi connectivity index (χ1) is 10.8. The summed E-state index contributed by atoms with van der Waals surface area (Å²) in [4.78, 5) is 11.8. The molecule has 0 spiro atoms. The van der Waals surface area contributed by atoms with Crippen LogP contribution in [0.25, 0.3) is 0 Å². The molecule has 2 aromatic rings. The summed E-state index contributed by atoms with van der Waals surface area (Å²) in [5, 5.41) is 11.0. The van der Waals surface area contributed by atoms with Gasteiger partial charge in [0.05, 0.1) is 5.75 Å². The molecule has 23 heavy (non-hydrogen) atoms. The van der Waals surface area contributed by atoms with Gasteiger partial charge in [-0.15, -0.1) is 23.4 Å². The van der Waals surface area contributed by atoms with Crippen LogP contribution in [0.5, 0.6) is 5.75 Å². The second kappa shape index (κ2) is 7.64. The van der Waals surface area contributed by atoms with Crippen LogP contribution in [0, 0.1) is 6.92 Å². The maximum atomic E-state index is 12.3. The molecule has 0 aliphatic rings. The number of aromatic nitrogens is 2. The van der Waals surface area contributed by atoms with Crippen molar-refractivity contribution in [1.82, 2.24) is 15.5 Å². The van der Waals surface area contributed by atoms with Gasteiger partial charge in [0, 0.05) is 12.1 Å². The summed E-state index contributed by atoms with van der Waals surface area (Å²) in [6.45, 7) is 1.75. The van der Waals surface area contributed by atoms with Crippen molar-refractivity contribution in [2.45, 2.75) is 24.2 Å². The topological polar surface area (TPSA) is 64.1 Å². The van der Waals surface area contributed by atoms with Crippen molar-refractivity contribution in [1.29, 1.82) is 0 Å². The fourth-order valence-corrected chi connectivity index (χ4v) is 3.23. The van der Waals surface area contributed by atoms with Crippen molar-refractivity contribution in [2.24, 2.45) is 0 Å². The smallest absolute Gasteiger partial charge is 0.405 e. The Morgan fingerprint density at radius 3 is 2.74 bits per heavy atom. The number of hydrogen-bond donors (Lipinski definition) is 1. The summed E-state index contributed by atoms with van der Waals surface area (Å²) in [6.07, 6.45) is -4.77. The number of ether oxygens (including phenoxy) is 1. The minimum atomic E-state index is -4.77. The Labute approximate surface area is 138 Å². The first kappa shape index (κ1) is 17.5. The van der Waals surface area contributed by atoms with Crippen LogP contribution in [0.1, 0.15) is 10.6 Å². The molecule has 2 rings (SSSR count). The molecule has 0 atom stereocenters. The number of rotatable bonds is 6. The van der Waals surface area contributed by atoms with E-state index in [0.29, 0.717) is 4.34 Å². The molecule has 1 heterocycles. The standard InChI is InChI=1S/C13H12F3N3O2S2/c1-8-18-19-12(23-8)22-7-11(20)17-6-9-4-2-3-5-10(9)21-13(14,15)16/h2-5H,6-7H2,1H3,(H,17,20). The van der Waals surface area contributed by atoms with Gasteiger partial charge in [-0.25, -0.2) is 0 Å². The molecule has 0 saturated carbocycles. The van der Waals surface area contributed by atoms with E-state index in [1.165, 1.54) is 41.3 Å². The summed E-state index contributed by atoms with van der Waals surface area (Å²) in [6, 6.07) is 5.67. The lowest BCUT2D eigenvalue weighted by molar-refractivity contribution is -0.274. The summed E-state index contributed by atoms with van der Waals surface area (Å²) in [5.74, 6) is -0.533. The number of carbonyl (C=O) groups excluding carboxylic acids is 1. The van der Waals surface area contributed by atoms with Gasteiger partial charge in [-0.05, 0) is 13.0 Å². The molecule has 124 valence electrons. The minimum absolute atomic E-state index is 0.0548. The molecule has 0 saturated heterocycles. The second-order valence-corrected chi connectivity index (χ2v) is 6.71. The van der Waals surface area contributed by atoms with E-state index in [9.17, 15) is 18.0 Å². The zero-order valence-corrected chi connectivity index (χ0v) is 13.5. The average Bonchev–Trinajstić information content (AvgIpc) is 2.88. The normalized spacial score (nSPS) is 11.3. The highest BCUT2D eigenvalue weighted by atomic mass is 32.2. The molecule has 5 nitrogen and oxygen atoms in total. The predicted molar refractivity (Wildman–Crippen MR) is 80.3 cm³/mol. The van der Waals surface area contributed by atoms with E-state index in [4.69, 9.17) is 0 Å². The molecule has 1 N–H and O–H groups in total. The fourth-order valence-electron chi connectivity index (χ4n) is 1.58. The number of aryl methyl sites for hydroxylation is 1. The van der Waals surface area contributed by atoms with Crippen LogP contribution in [0.2, 0.25) is 0 Å². The molecule has 0 fully saturated rings. The lowest BCUT2D eigenvalue weighted by Gasteiger charge is -2.13. The molecule has 1 amide bonds. The van der Waals surface area contributed by atoms with E-state index in [2.05, 4.69) is 20.3 Å². The van der Waals surface area contributed by atoms with E-state index in [1.807, 2.05) is 0 Å². The number of carbonyl (C=O) groups is 1. The molecule has 0 radical (unpaired) electrons. The van der Waals surface area contributed by atoms with Gasteiger partial charge in [-0.1, -0.05) is 41.3 Å². The number of benzene rings is 1. The molecular formula is C13H12F3N3O2S2. The van der Waals surface area contributed by atoms with Crippen molar-refractivity contribution >= 4 is 29.0 Å². The van der Waals surface area contributed by atoms with Crippen LogP contribution >= 0.6 is 23.1 Å². The minimum Gasteiger partial charge on any atom is -0.405 e. The Hall–Kier alpha value is -1.81. The number of hydrogen-bond acceptors (Lipinski definition) is 6. The van der Waals surface area contributed by atoms with Gasteiger partial charge < -0.3 is 10.1 Å². The van der Waals surface area contributed by atoms with Crippen molar-refractivity contribution in [2.75, 3.05) is 5.75 Å². The number of nitrogens with one attached hydrogen (secondary N) is 1. The van der Waals surface area contributed by atoms with Gasteiger partial charge >= 0.3 is 6.36 Å². The Morgan fingerprint density at radius 1 is 1.35 bits per heavy atom. The third kappa shape index (κ3) is 6.06. The highest BCUT2D eigenvalue weighted by Crippen LogP contribution is 2.26. The zero-order valence-electron chi connectivity index (χ0n) is 11.9. The highest BCUT2D eigenvalue weighted by Gasteiger charge is 2.31. The van der Waals surface area contributed by atoms with Gasteiger partial charge in [0.1, 0.15) is 10.8 Å². The fraction of sp³-hybridized carbons (Fsp3) is 0.308. The largest absolute Gasteiger partial charge is 0.573 e. The molecule has 0 unspecified atom stereocenters. The molecule has 10 heteroatoms. The monoisotopic (exact) mass is 363 g/mol. The van der Waals surface area contributed by atoms with Crippen molar-refractivity contribution < 1.29 is 22.7 Å². The molecule has 0 bridgehead atoms. The van der Waals surface area contributed by atoms with Crippen LogP contribution in [-0.4, -0.2) is 28.2 Å². The number of alkyl halides is 3. The van der Waals surface area contributed by atoms with Gasteiger partial charge in [-0.2, -0.15) is 0 Å². The number of para-hydroxylation sites is 1. The molecular weight excluding hydrogens is 351 g/mol. The van der Waals surface area contributed by atoms with Crippen molar-refractivity contribution in [3.05, 3.63) is 34.8 Å². The molecule has 0 aliphatic carbocycles. The lowest BCUT2D eigenvalue weighted by Crippen LogP contribution is -2.25. The predicted octanol–water partition coefficient (Wildman–Crippen LogP) is 3.15. The summed E-state index contributed by atoms with van der Waals surface area (Å²) in [7, 11) is 0. The van der Waals surface area contributed by atoms with Crippen LogP contribution in [0.4, 0.5) is 13.2 Å².